The number of aromatic nitrogens is 2. The number of hydrogen-bond donors (Lipinski definition) is 1. The highest BCUT2D eigenvalue weighted by Crippen LogP contribution is 2.35. The third-order valence-electron chi connectivity index (χ3n) is 5.49. The third kappa shape index (κ3) is 5.85. The number of para-hydroxylation sites is 1. The number of amides is 1. The second kappa shape index (κ2) is 11.1. The molecule has 0 saturated carbocycles. The molecule has 3 aromatic rings. The Bertz CT molecular complexity index is 1330. The fourth-order valence-electron chi connectivity index (χ4n) is 3.69. The van der Waals surface area contributed by atoms with E-state index in [1.165, 1.54) is 16.7 Å². The maximum atomic E-state index is 13.0. The molecule has 0 bridgehead atoms. The lowest BCUT2D eigenvalue weighted by Gasteiger charge is -2.12. The summed E-state index contributed by atoms with van der Waals surface area (Å²) in [6.45, 7) is 6.90. The number of hydrogen-bond acceptors (Lipinski definition) is 6. The summed E-state index contributed by atoms with van der Waals surface area (Å²) in [5.74, 6) is -0.0174. The number of carboxylic acid groups (broad SMARTS) is 1. The van der Waals surface area contributed by atoms with E-state index in [0.29, 0.717) is 27.4 Å². The lowest BCUT2D eigenvalue weighted by atomic mass is 10.0. The molecular formula is C27H27N3O4S2. The Hall–Kier alpha value is -3.43. The van der Waals surface area contributed by atoms with Crippen LogP contribution >= 0.6 is 24.0 Å². The van der Waals surface area contributed by atoms with E-state index >= 15 is 0 Å². The molecule has 0 atom stereocenters. The van der Waals surface area contributed by atoms with Crippen molar-refractivity contribution >= 4 is 46.3 Å². The molecule has 0 aliphatic carbocycles. The molecule has 1 aliphatic rings. The SMILES string of the molecule is Cc1cc(-c2nn(-c3ccccc3)cc2C=C2SC(=S)N(CCC(=O)O)C2=O)ccc1OCC(C)C. The number of carboxylic acids is 1. The number of thioether (sulfide) groups is 1. The highest BCUT2D eigenvalue weighted by Gasteiger charge is 2.32. The van der Waals surface area contributed by atoms with Crippen molar-refractivity contribution in [2.75, 3.05) is 13.2 Å². The van der Waals surface area contributed by atoms with Gasteiger partial charge in [-0.15, -0.1) is 0 Å². The summed E-state index contributed by atoms with van der Waals surface area (Å²) in [6, 6.07) is 15.7. The van der Waals surface area contributed by atoms with Gasteiger partial charge in [0.15, 0.2) is 0 Å². The van der Waals surface area contributed by atoms with E-state index in [1.807, 2.05) is 61.7 Å². The van der Waals surface area contributed by atoms with Crippen LogP contribution in [-0.4, -0.2) is 49.1 Å². The lowest BCUT2D eigenvalue weighted by Crippen LogP contribution is -2.30. The number of rotatable bonds is 9. The number of thiocarbonyl (C=S) groups is 1. The molecule has 1 N–H and O–H groups in total. The van der Waals surface area contributed by atoms with Gasteiger partial charge in [-0.3, -0.25) is 14.5 Å². The zero-order valence-electron chi connectivity index (χ0n) is 20.3. The van der Waals surface area contributed by atoms with Gasteiger partial charge >= 0.3 is 5.97 Å². The van der Waals surface area contributed by atoms with Crippen LogP contribution < -0.4 is 4.74 Å². The van der Waals surface area contributed by atoms with Gasteiger partial charge < -0.3 is 9.84 Å². The van der Waals surface area contributed by atoms with Crippen molar-refractivity contribution in [3.63, 3.8) is 0 Å². The fraction of sp³-hybridized carbons (Fsp3) is 0.259. The fourth-order valence-corrected chi connectivity index (χ4v) is 4.99. The van der Waals surface area contributed by atoms with Crippen LogP contribution in [0.15, 0.2) is 59.6 Å². The van der Waals surface area contributed by atoms with E-state index in [2.05, 4.69) is 13.8 Å². The molecule has 0 unspecified atom stereocenters. The van der Waals surface area contributed by atoms with Crippen molar-refractivity contribution in [2.45, 2.75) is 27.2 Å². The topological polar surface area (TPSA) is 84.7 Å². The van der Waals surface area contributed by atoms with Gasteiger partial charge in [-0.2, -0.15) is 5.10 Å². The van der Waals surface area contributed by atoms with Gasteiger partial charge in [-0.05, 0) is 54.8 Å². The highest BCUT2D eigenvalue weighted by atomic mass is 32.2. The maximum Gasteiger partial charge on any atom is 0.305 e. The molecule has 1 aliphatic heterocycles. The Morgan fingerprint density at radius 3 is 2.64 bits per heavy atom. The summed E-state index contributed by atoms with van der Waals surface area (Å²) in [6.07, 6.45) is 3.49. The van der Waals surface area contributed by atoms with Gasteiger partial charge in [0.1, 0.15) is 15.8 Å². The molecule has 9 heteroatoms. The van der Waals surface area contributed by atoms with Crippen molar-refractivity contribution in [1.29, 1.82) is 0 Å². The van der Waals surface area contributed by atoms with Gasteiger partial charge in [0.05, 0.1) is 23.6 Å². The quantitative estimate of drug-likeness (QED) is 0.292. The van der Waals surface area contributed by atoms with Crippen LogP contribution in [0.2, 0.25) is 0 Å². The number of carbonyl (C=O) groups is 2. The number of aliphatic carboxylic acids is 1. The van der Waals surface area contributed by atoms with Crippen LogP contribution in [0.3, 0.4) is 0 Å². The average Bonchev–Trinajstić information content (AvgIpc) is 3.38. The molecule has 36 heavy (non-hydrogen) atoms. The summed E-state index contributed by atoms with van der Waals surface area (Å²) in [5.41, 5.74) is 4.25. The standard InChI is InChI=1S/C27H27N3O4S2/c1-17(2)16-34-22-10-9-19(13-18(22)3)25-20(15-30(28-25)21-7-5-4-6-8-21)14-23-26(33)29(27(35)36-23)12-11-24(31)32/h4-10,13-15,17H,11-12,16H2,1-3H3,(H,31,32). The first-order valence-electron chi connectivity index (χ1n) is 11.6. The summed E-state index contributed by atoms with van der Waals surface area (Å²) in [4.78, 5) is 25.8. The Kier molecular flexibility index (Phi) is 7.91. The zero-order chi connectivity index (χ0) is 25.8. The molecule has 7 nitrogen and oxygen atoms in total. The first-order chi connectivity index (χ1) is 17.2. The Labute approximate surface area is 219 Å². The van der Waals surface area contributed by atoms with Crippen molar-refractivity contribution in [1.82, 2.24) is 14.7 Å². The molecule has 0 spiro atoms. The molecule has 186 valence electrons. The van der Waals surface area contributed by atoms with E-state index in [9.17, 15) is 9.59 Å². The molecule has 1 aromatic heterocycles. The van der Waals surface area contributed by atoms with Crippen LogP contribution in [-0.2, 0) is 9.59 Å². The molecule has 1 fully saturated rings. The maximum absolute atomic E-state index is 13.0. The molecule has 1 saturated heterocycles. The predicted molar refractivity (Wildman–Crippen MR) is 146 cm³/mol. The molecule has 0 radical (unpaired) electrons. The highest BCUT2D eigenvalue weighted by molar-refractivity contribution is 8.26. The average molecular weight is 522 g/mol. The Morgan fingerprint density at radius 1 is 1.22 bits per heavy atom. The summed E-state index contributed by atoms with van der Waals surface area (Å²) in [7, 11) is 0. The number of carbonyl (C=O) groups excluding carboxylic acids is 1. The largest absolute Gasteiger partial charge is 0.493 e. The number of aryl methyl sites for hydroxylation is 1. The predicted octanol–water partition coefficient (Wildman–Crippen LogP) is 5.56. The first-order valence-corrected chi connectivity index (χ1v) is 12.8. The van der Waals surface area contributed by atoms with Gasteiger partial charge in [0.2, 0.25) is 0 Å². The van der Waals surface area contributed by atoms with Crippen LogP contribution in [0.5, 0.6) is 5.75 Å². The van der Waals surface area contributed by atoms with Gasteiger partial charge in [0.25, 0.3) is 5.91 Å². The van der Waals surface area contributed by atoms with E-state index < -0.39 is 5.97 Å². The first kappa shape index (κ1) is 25.7. The minimum absolute atomic E-state index is 0.0461. The lowest BCUT2D eigenvalue weighted by molar-refractivity contribution is -0.137. The van der Waals surface area contributed by atoms with Crippen LogP contribution in [0.1, 0.15) is 31.4 Å². The number of benzene rings is 2. The third-order valence-corrected chi connectivity index (χ3v) is 6.87. The van der Waals surface area contributed by atoms with E-state index in [4.69, 9.17) is 27.2 Å². The minimum Gasteiger partial charge on any atom is -0.493 e. The van der Waals surface area contributed by atoms with Gasteiger partial charge in [-0.25, -0.2) is 4.68 Å². The Morgan fingerprint density at radius 2 is 1.97 bits per heavy atom. The van der Waals surface area contributed by atoms with Crippen molar-refractivity contribution in [2.24, 2.45) is 5.92 Å². The zero-order valence-corrected chi connectivity index (χ0v) is 21.9. The van der Waals surface area contributed by atoms with Crippen molar-refractivity contribution in [3.05, 3.63) is 70.8 Å². The molecule has 2 aromatic carbocycles. The van der Waals surface area contributed by atoms with E-state index in [-0.39, 0.29) is 18.9 Å². The van der Waals surface area contributed by atoms with E-state index in [0.717, 1.165) is 28.1 Å². The van der Waals surface area contributed by atoms with Gasteiger partial charge in [0, 0.05) is 23.9 Å². The van der Waals surface area contributed by atoms with Crippen molar-refractivity contribution in [3.8, 4) is 22.7 Å². The smallest absolute Gasteiger partial charge is 0.305 e. The summed E-state index contributed by atoms with van der Waals surface area (Å²) < 4.78 is 8.07. The van der Waals surface area contributed by atoms with Crippen molar-refractivity contribution < 1.29 is 19.4 Å². The number of ether oxygens (including phenoxy) is 1. The molecule has 2 heterocycles. The monoisotopic (exact) mass is 521 g/mol. The minimum atomic E-state index is -0.976. The van der Waals surface area contributed by atoms with Gasteiger partial charge in [-0.1, -0.05) is 56.0 Å². The molecule has 4 rings (SSSR count). The molecular weight excluding hydrogens is 494 g/mol. The van der Waals surface area contributed by atoms with Crippen LogP contribution in [0.4, 0.5) is 0 Å². The second-order valence-electron chi connectivity index (χ2n) is 8.88. The summed E-state index contributed by atoms with van der Waals surface area (Å²) in [5, 5.41) is 13.8. The van der Waals surface area contributed by atoms with E-state index in [1.54, 1.807) is 10.8 Å². The normalized spacial score (nSPS) is 14.8. The molecule has 1 amide bonds. The van der Waals surface area contributed by atoms with Crippen LogP contribution in [0.25, 0.3) is 23.0 Å². The summed E-state index contributed by atoms with van der Waals surface area (Å²) >= 11 is 6.52. The van der Waals surface area contributed by atoms with Crippen LogP contribution in [0, 0.1) is 12.8 Å². The second-order valence-corrected chi connectivity index (χ2v) is 10.6. The Balaban J connectivity index is 1.72. The number of nitrogens with zero attached hydrogens (tertiary/aromatic N) is 3.